The summed E-state index contributed by atoms with van der Waals surface area (Å²) in [6.45, 7) is 0. The molecule has 1 N–H and O–H groups in total. The maximum Gasteiger partial charge on any atom is 0.282 e. The number of nitrogens with one attached hydrogen (secondary N) is 1. The lowest BCUT2D eigenvalue weighted by molar-refractivity contribution is 0.919. The van der Waals surface area contributed by atoms with Crippen LogP contribution < -0.4 is 5.56 Å². The van der Waals surface area contributed by atoms with Gasteiger partial charge in [0.1, 0.15) is 17.3 Å². The molecule has 2 aromatic carbocycles. The number of nitrogens with zero attached hydrogens (tertiary/aromatic N) is 3. The number of fused-ring (bicyclic) bond motifs is 2. The Bertz CT molecular complexity index is 1270. The van der Waals surface area contributed by atoms with Gasteiger partial charge in [0, 0.05) is 15.6 Å². The summed E-state index contributed by atoms with van der Waals surface area (Å²) in [7, 11) is 0. The van der Waals surface area contributed by atoms with Crippen LogP contribution in [0.3, 0.4) is 0 Å². The zero-order valence-electron chi connectivity index (χ0n) is 12.3. The molecule has 0 aliphatic rings. The molecular weight excluding hydrogens is 383 g/mol. The first-order valence-electron chi connectivity index (χ1n) is 7.09. The van der Waals surface area contributed by atoms with Crippen LogP contribution in [0.25, 0.3) is 27.8 Å². The van der Waals surface area contributed by atoms with Crippen LogP contribution in [-0.4, -0.2) is 14.6 Å². The summed E-state index contributed by atoms with van der Waals surface area (Å²) in [5.41, 5.74) is 1.48. The summed E-state index contributed by atoms with van der Waals surface area (Å²) in [5.74, 6) is 0. The van der Waals surface area contributed by atoms with Gasteiger partial charge in [0.25, 0.3) is 5.56 Å². The standard InChI is InChI=1S/C17H7Cl3N4O/c18-8-1-3-10(13(20)5-8)15-12(7-21)16-22-14-6-9(19)2-4-11(14)17(25)24(16)23-15/h1-6,22H. The summed E-state index contributed by atoms with van der Waals surface area (Å²) in [4.78, 5) is 15.8. The van der Waals surface area contributed by atoms with E-state index in [9.17, 15) is 10.1 Å². The van der Waals surface area contributed by atoms with Gasteiger partial charge in [0.05, 0.1) is 15.9 Å². The molecule has 25 heavy (non-hydrogen) atoms. The molecule has 0 aliphatic heterocycles. The van der Waals surface area contributed by atoms with Crippen molar-refractivity contribution in [3.63, 3.8) is 0 Å². The van der Waals surface area contributed by atoms with E-state index in [0.29, 0.717) is 37.2 Å². The summed E-state index contributed by atoms with van der Waals surface area (Å²) >= 11 is 18.2. The van der Waals surface area contributed by atoms with E-state index < -0.39 is 0 Å². The largest absolute Gasteiger partial charge is 0.338 e. The average molecular weight is 390 g/mol. The molecule has 0 aliphatic carbocycles. The van der Waals surface area contributed by atoms with Gasteiger partial charge in [0.2, 0.25) is 0 Å². The quantitative estimate of drug-likeness (QED) is 0.514. The van der Waals surface area contributed by atoms with Gasteiger partial charge in [0.15, 0.2) is 5.65 Å². The Morgan fingerprint density at radius 2 is 1.80 bits per heavy atom. The number of H-pyrrole nitrogens is 1. The molecule has 0 saturated heterocycles. The van der Waals surface area contributed by atoms with Crippen molar-refractivity contribution in [2.75, 3.05) is 0 Å². The Kier molecular flexibility index (Phi) is 3.69. The van der Waals surface area contributed by atoms with E-state index in [1.807, 2.05) is 0 Å². The molecule has 2 heterocycles. The third kappa shape index (κ3) is 2.47. The first kappa shape index (κ1) is 16.0. The lowest BCUT2D eigenvalue weighted by Gasteiger charge is -2.01. The molecule has 0 radical (unpaired) electrons. The number of halogens is 3. The van der Waals surface area contributed by atoms with Gasteiger partial charge in [-0.1, -0.05) is 34.8 Å². The van der Waals surface area contributed by atoms with Crippen LogP contribution in [0.4, 0.5) is 0 Å². The third-order valence-electron chi connectivity index (χ3n) is 3.84. The van der Waals surface area contributed by atoms with Gasteiger partial charge >= 0.3 is 0 Å². The summed E-state index contributed by atoms with van der Waals surface area (Å²) < 4.78 is 1.16. The number of hydrogen-bond donors (Lipinski definition) is 1. The van der Waals surface area contributed by atoms with Crippen LogP contribution in [0, 0.1) is 11.3 Å². The predicted molar refractivity (Wildman–Crippen MR) is 98.5 cm³/mol. The topological polar surface area (TPSA) is 74.0 Å². The maximum atomic E-state index is 12.7. The molecule has 122 valence electrons. The Hall–Kier alpha value is -2.52. The van der Waals surface area contributed by atoms with Crippen molar-refractivity contribution in [2.24, 2.45) is 0 Å². The number of benzene rings is 2. The van der Waals surface area contributed by atoms with E-state index in [2.05, 4.69) is 16.2 Å². The molecule has 0 spiro atoms. The number of aromatic amines is 1. The predicted octanol–water partition coefficient (Wildman–Crippen LogP) is 4.67. The lowest BCUT2D eigenvalue weighted by atomic mass is 10.1. The Labute approximate surface area is 156 Å². The highest BCUT2D eigenvalue weighted by Gasteiger charge is 2.20. The van der Waals surface area contributed by atoms with E-state index in [1.165, 1.54) is 0 Å². The summed E-state index contributed by atoms with van der Waals surface area (Å²) in [6.07, 6.45) is 0. The normalized spacial score (nSPS) is 11.1. The monoisotopic (exact) mass is 388 g/mol. The molecule has 0 saturated carbocycles. The van der Waals surface area contributed by atoms with E-state index in [0.717, 1.165) is 4.52 Å². The van der Waals surface area contributed by atoms with Crippen molar-refractivity contribution >= 4 is 51.4 Å². The van der Waals surface area contributed by atoms with Gasteiger partial charge < -0.3 is 4.98 Å². The van der Waals surface area contributed by atoms with Gasteiger partial charge in [-0.05, 0) is 36.4 Å². The van der Waals surface area contributed by atoms with Crippen molar-refractivity contribution in [3.8, 4) is 17.3 Å². The van der Waals surface area contributed by atoms with Crippen LogP contribution in [-0.2, 0) is 0 Å². The summed E-state index contributed by atoms with van der Waals surface area (Å²) in [6, 6.07) is 11.8. The highest BCUT2D eigenvalue weighted by atomic mass is 35.5. The Balaban J connectivity index is 2.14. The minimum absolute atomic E-state index is 0.211. The number of nitriles is 1. The SMILES string of the molecule is N#Cc1c(-c2ccc(Cl)cc2Cl)nn2c(=O)c3ccc(Cl)cc3[nH]c12. The van der Waals surface area contributed by atoms with Crippen molar-refractivity contribution in [3.05, 3.63) is 67.4 Å². The van der Waals surface area contributed by atoms with Gasteiger partial charge in [-0.15, -0.1) is 0 Å². The molecule has 0 amide bonds. The molecule has 0 atom stereocenters. The maximum absolute atomic E-state index is 12.7. The van der Waals surface area contributed by atoms with Crippen molar-refractivity contribution < 1.29 is 0 Å². The fourth-order valence-corrected chi connectivity index (χ4v) is 3.37. The minimum Gasteiger partial charge on any atom is -0.338 e. The molecule has 4 rings (SSSR count). The number of hydrogen-bond acceptors (Lipinski definition) is 3. The second-order valence-electron chi connectivity index (χ2n) is 5.34. The molecular formula is C17H7Cl3N4O. The van der Waals surface area contributed by atoms with Crippen LogP contribution in [0.15, 0.2) is 41.2 Å². The zero-order chi connectivity index (χ0) is 17.7. The molecule has 5 nitrogen and oxygen atoms in total. The second-order valence-corrected chi connectivity index (χ2v) is 6.62. The smallest absolute Gasteiger partial charge is 0.282 e. The number of aromatic nitrogens is 3. The Morgan fingerprint density at radius 1 is 1.08 bits per heavy atom. The van der Waals surface area contributed by atoms with Crippen LogP contribution >= 0.6 is 34.8 Å². The molecule has 0 bridgehead atoms. The van der Waals surface area contributed by atoms with Gasteiger partial charge in [-0.25, -0.2) is 0 Å². The number of rotatable bonds is 1. The lowest BCUT2D eigenvalue weighted by Crippen LogP contribution is -2.15. The van der Waals surface area contributed by atoms with Crippen LogP contribution in [0.1, 0.15) is 5.56 Å². The van der Waals surface area contributed by atoms with Crippen molar-refractivity contribution in [2.45, 2.75) is 0 Å². The molecule has 0 unspecified atom stereocenters. The van der Waals surface area contributed by atoms with Crippen LogP contribution in [0.2, 0.25) is 15.1 Å². The molecule has 2 aromatic heterocycles. The minimum atomic E-state index is -0.353. The van der Waals surface area contributed by atoms with Gasteiger partial charge in [-0.3, -0.25) is 4.79 Å². The van der Waals surface area contributed by atoms with Gasteiger partial charge in [-0.2, -0.15) is 14.9 Å². The molecule has 4 aromatic rings. The fraction of sp³-hybridized carbons (Fsp3) is 0. The van der Waals surface area contributed by atoms with Crippen molar-refractivity contribution in [1.29, 1.82) is 5.26 Å². The average Bonchev–Trinajstić information content (AvgIpc) is 2.93. The molecule has 8 heteroatoms. The van der Waals surface area contributed by atoms with E-state index in [1.54, 1.807) is 36.4 Å². The highest BCUT2D eigenvalue weighted by Crippen LogP contribution is 2.32. The van der Waals surface area contributed by atoms with E-state index >= 15 is 0 Å². The first-order valence-corrected chi connectivity index (χ1v) is 8.23. The van der Waals surface area contributed by atoms with Crippen LogP contribution in [0.5, 0.6) is 0 Å². The third-order valence-corrected chi connectivity index (χ3v) is 4.62. The second kappa shape index (κ2) is 5.78. The van der Waals surface area contributed by atoms with Crippen molar-refractivity contribution in [1.82, 2.24) is 14.6 Å². The first-order chi connectivity index (χ1) is 12.0. The summed E-state index contributed by atoms with van der Waals surface area (Å²) in [5, 5.41) is 15.6. The van der Waals surface area contributed by atoms with E-state index in [-0.39, 0.29) is 16.8 Å². The highest BCUT2D eigenvalue weighted by molar-refractivity contribution is 6.36. The molecule has 0 fully saturated rings. The zero-order valence-corrected chi connectivity index (χ0v) is 14.6. The Morgan fingerprint density at radius 3 is 2.52 bits per heavy atom. The fourth-order valence-electron chi connectivity index (χ4n) is 2.70. The van der Waals surface area contributed by atoms with E-state index in [4.69, 9.17) is 34.8 Å².